The normalized spacial score (nSPS) is 13.9. The van der Waals surface area contributed by atoms with Gasteiger partial charge in [0.15, 0.2) is 0 Å². The van der Waals surface area contributed by atoms with Gasteiger partial charge in [0.2, 0.25) is 0 Å². The molecule has 52 valence electrons. The number of hydrogen-bond donors (Lipinski definition) is 2. The van der Waals surface area contributed by atoms with Crippen molar-refractivity contribution in [2.45, 2.75) is 32.5 Å². The molecular weight excluding hydrogens is 116 g/mol. The van der Waals surface area contributed by atoms with Crippen molar-refractivity contribution < 1.29 is 10.2 Å². The quantitative estimate of drug-likeness (QED) is 0.456. The smallest absolute Gasteiger partial charge is 0.120 e. The predicted molar refractivity (Wildman–Crippen MR) is 35.8 cm³/mol. The molecule has 0 saturated carbocycles. The van der Waals surface area contributed by atoms with E-state index in [0.717, 1.165) is 0 Å². The van der Waals surface area contributed by atoms with Crippen LogP contribution in [0.1, 0.15) is 20.8 Å². The maximum absolute atomic E-state index is 8.98. The van der Waals surface area contributed by atoms with Gasteiger partial charge in [-0.25, -0.2) is 0 Å². The standard InChI is InChI=1S/C7H12O2/c1-6(8)4-5-7(2,3)9/h6,8-9H,1-3H3. The fourth-order valence-corrected chi connectivity index (χ4v) is 0.281. The summed E-state index contributed by atoms with van der Waals surface area (Å²) in [6.07, 6.45) is -0.656. The van der Waals surface area contributed by atoms with E-state index >= 15 is 0 Å². The first kappa shape index (κ1) is 8.48. The molecule has 0 radical (unpaired) electrons. The summed E-state index contributed by atoms with van der Waals surface area (Å²) in [6, 6.07) is 0. The molecule has 0 fully saturated rings. The van der Waals surface area contributed by atoms with E-state index in [1.54, 1.807) is 20.8 Å². The van der Waals surface area contributed by atoms with E-state index in [1.807, 2.05) is 0 Å². The van der Waals surface area contributed by atoms with Crippen molar-refractivity contribution >= 4 is 0 Å². The SMILES string of the molecule is CC(O)C#CC(C)(C)O. The lowest BCUT2D eigenvalue weighted by Crippen LogP contribution is -2.15. The molecule has 0 aromatic heterocycles. The maximum atomic E-state index is 8.98. The first-order chi connectivity index (χ1) is 3.92. The van der Waals surface area contributed by atoms with Crippen LogP contribution in [0.15, 0.2) is 0 Å². The van der Waals surface area contributed by atoms with E-state index in [-0.39, 0.29) is 0 Å². The van der Waals surface area contributed by atoms with E-state index in [2.05, 4.69) is 11.8 Å². The van der Waals surface area contributed by atoms with E-state index in [1.165, 1.54) is 0 Å². The zero-order chi connectivity index (χ0) is 7.49. The molecule has 0 bridgehead atoms. The van der Waals surface area contributed by atoms with Crippen LogP contribution in [0.5, 0.6) is 0 Å². The van der Waals surface area contributed by atoms with E-state index in [0.29, 0.717) is 0 Å². The van der Waals surface area contributed by atoms with Crippen LogP contribution in [-0.2, 0) is 0 Å². The molecule has 1 atom stereocenters. The molecule has 0 rings (SSSR count). The van der Waals surface area contributed by atoms with Gasteiger partial charge in [0.1, 0.15) is 11.7 Å². The molecule has 0 heterocycles. The minimum absolute atomic E-state index is 0.656. The molecular formula is C7H12O2. The topological polar surface area (TPSA) is 40.5 Å². The van der Waals surface area contributed by atoms with E-state index in [9.17, 15) is 0 Å². The highest BCUT2D eigenvalue weighted by atomic mass is 16.3. The van der Waals surface area contributed by atoms with Gasteiger partial charge in [-0.3, -0.25) is 0 Å². The summed E-state index contributed by atoms with van der Waals surface area (Å²) in [5, 5.41) is 17.6. The Morgan fingerprint density at radius 1 is 1.44 bits per heavy atom. The van der Waals surface area contributed by atoms with Crippen molar-refractivity contribution in [3.63, 3.8) is 0 Å². The summed E-state index contributed by atoms with van der Waals surface area (Å²) in [5.41, 5.74) is -0.989. The lowest BCUT2D eigenvalue weighted by atomic mass is 10.1. The summed E-state index contributed by atoms with van der Waals surface area (Å²) in [4.78, 5) is 0. The second-order valence-corrected chi connectivity index (χ2v) is 2.50. The van der Waals surface area contributed by atoms with Crippen molar-refractivity contribution in [3.8, 4) is 11.8 Å². The first-order valence-corrected chi connectivity index (χ1v) is 2.85. The van der Waals surface area contributed by atoms with Gasteiger partial charge in [-0.2, -0.15) is 0 Å². The molecule has 0 saturated heterocycles. The molecule has 2 N–H and O–H groups in total. The zero-order valence-corrected chi connectivity index (χ0v) is 5.97. The molecule has 0 spiro atoms. The van der Waals surface area contributed by atoms with Gasteiger partial charge < -0.3 is 10.2 Å². The van der Waals surface area contributed by atoms with Crippen molar-refractivity contribution in [1.82, 2.24) is 0 Å². The van der Waals surface area contributed by atoms with Crippen LogP contribution < -0.4 is 0 Å². The highest BCUT2D eigenvalue weighted by Gasteiger charge is 2.05. The zero-order valence-electron chi connectivity index (χ0n) is 5.97. The maximum Gasteiger partial charge on any atom is 0.120 e. The Hall–Kier alpha value is -0.520. The third-order valence-electron chi connectivity index (χ3n) is 0.587. The largest absolute Gasteiger partial charge is 0.381 e. The summed E-state index contributed by atoms with van der Waals surface area (Å²) in [5.74, 6) is 4.92. The molecule has 0 aromatic rings. The van der Waals surface area contributed by atoms with Crippen molar-refractivity contribution in [3.05, 3.63) is 0 Å². The van der Waals surface area contributed by atoms with Crippen LogP contribution >= 0.6 is 0 Å². The molecule has 9 heavy (non-hydrogen) atoms. The van der Waals surface area contributed by atoms with Crippen LogP contribution in [-0.4, -0.2) is 21.9 Å². The Kier molecular flexibility index (Phi) is 2.69. The van der Waals surface area contributed by atoms with E-state index in [4.69, 9.17) is 10.2 Å². The van der Waals surface area contributed by atoms with Crippen LogP contribution in [0.25, 0.3) is 0 Å². The number of aliphatic hydroxyl groups excluding tert-OH is 1. The monoisotopic (exact) mass is 128 g/mol. The van der Waals surface area contributed by atoms with Crippen LogP contribution in [0.2, 0.25) is 0 Å². The first-order valence-electron chi connectivity index (χ1n) is 2.85. The van der Waals surface area contributed by atoms with Gasteiger partial charge in [-0.15, -0.1) is 0 Å². The Morgan fingerprint density at radius 3 is 2.00 bits per heavy atom. The van der Waals surface area contributed by atoms with E-state index < -0.39 is 11.7 Å². The molecule has 0 aliphatic heterocycles. The average molecular weight is 128 g/mol. The predicted octanol–water partition coefficient (Wildman–Crippen LogP) is 0.141. The molecule has 0 aliphatic rings. The fraction of sp³-hybridized carbons (Fsp3) is 0.714. The minimum atomic E-state index is -0.989. The average Bonchev–Trinajstić information content (AvgIpc) is 1.59. The molecule has 2 heteroatoms. The van der Waals surface area contributed by atoms with Gasteiger partial charge in [0.25, 0.3) is 0 Å². The lowest BCUT2D eigenvalue weighted by molar-refractivity contribution is 0.142. The van der Waals surface area contributed by atoms with Gasteiger partial charge in [0.05, 0.1) is 0 Å². The molecule has 0 amide bonds. The third kappa shape index (κ3) is 7.48. The van der Waals surface area contributed by atoms with Gasteiger partial charge in [-0.1, -0.05) is 11.8 Å². The van der Waals surface area contributed by atoms with Crippen molar-refractivity contribution in [2.75, 3.05) is 0 Å². The van der Waals surface area contributed by atoms with Gasteiger partial charge in [0, 0.05) is 0 Å². The Morgan fingerprint density at radius 2 is 1.89 bits per heavy atom. The van der Waals surface area contributed by atoms with Crippen LogP contribution in [0, 0.1) is 11.8 Å². The van der Waals surface area contributed by atoms with Crippen molar-refractivity contribution in [1.29, 1.82) is 0 Å². The second kappa shape index (κ2) is 2.86. The second-order valence-electron chi connectivity index (χ2n) is 2.50. The highest BCUT2D eigenvalue weighted by molar-refractivity contribution is 5.12. The lowest BCUT2D eigenvalue weighted by Gasteiger charge is -2.06. The van der Waals surface area contributed by atoms with Gasteiger partial charge in [-0.05, 0) is 20.8 Å². The number of hydrogen-bond acceptors (Lipinski definition) is 2. The fourth-order valence-electron chi connectivity index (χ4n) is 0.281. The third-order valence-corrected chi connectivity index (χ3v) is 0.587. The van der Waals surface area contributed by atoms with Crippen LogP contribution in [0.3, 0.4) is 0 Å². The van der Waals surface area contributed by atoms with Gasteiger partial charge >= 0.3 is 0 Å². The minimum Gasteiger partial charge on any atom is -0.381 e. The molecule has 2 nitrogen and oxygen atoms in total. The number of rotatable bonds is 0. The Labute approximate surface area is 55.5 Å². The highest BCUT2D eigenvalue weighted by Crippen LogP contribution is 1.96. The molecule has 0 aliphatic carbocycles. The summed E-state index contributed by atoms with van der Waals surface area (Å²) < 4.78 is 0. The van der Waals surface area contributed by atoms with Crippen LogP contribution in [0.4, 0.5) is 0 Å². The Balaban J connectivity index is 3.88. The summed E-state index contributed by atoms with van der Waals surface area (Å²) >= 11 is 0. The summed E-state index contributed by atoms with van der Waals surface area (Å²) in [6.45, 7) is 4.70. The molecule has 0 aromatic carbocycles. The van der Waals surface area contributed by atoms with Crippen molar-refractivity contribution in [2.24, 2.45) is 0 Å². The Bertz CT molecular complexity index is 131. The molecule has 1 unspecified atom stereocenters. The number of aliphatic hydroxyl groups is 2. The summed E-state index contributed by atoms with van der Waals surface area (Å²) in [7, 11) is 0.